The highest BCUT2D eigenvalue weighted by Crippen LogP contribution is 2.48. The van der Waals surface area contributed by atoms with Gasteiger partial charge in [0.05, 0.1) is 12.0 Å². The quantitative estimate of drug-likeness (QED) is 0.696. The maximum absolute atomic E-state index is 13.8. The number of carbonyl (C=O) groups excluding carboxylic acids is 1. The minimum atomic E-state index is -0.400. The van der Waals surface area contributed by atoms with Gasteiger partial charge < -0.3 is 15.0 Å². The van der Waals surface area contributed by atoms with E-state index in [4.69, 9.17) is 0 Å². The zero-order valence-electron chi connectivity index (χ0n) is 18.3. The Labute approximate surface area is 187 Å². The Morgan fingerprint density at radius 1 is 1.25 bits per heavy atom. The van der Waals surface area contributed by atoms with Crippen LogP contribution in [0.15, 0.2) is 41.2 Å². The Hall–Kier alpha value is -2.51. The van der Waals surface area contributed by atoms with E-state index >= 15 is 0 Å². The number of nitrogens with one attached hydrogen (secondary N) is 1. The Kier molecular flexibility index (Phi) is 5.63. The summed E-state index contributed by atoms with van der Waals surface area (Å²) >= 11 is 0. The van der Waals surface area contributed by atoms with Crippen LogP contribution in [-0.4, -0.2) is 46.2 Å². The second-order valence-electron chi connectivity index (χ2n) is 9.41. The molecule has 6 nitrogen and oxygen atoms in total. The molecule has 170 valence electrons. The van der Waals surface area contributed by atoms with Gasteiger partial charge in [0.1, 0.15) is 5.82 Å². The molecule has 0 unspecified atom stereocenters. The minimum absolute atomic E-state index is 0.0281. The number of rotatable bonds is 7. The van der Waals surface area contributed by atoms with E-state index in [1.807, 2.05) is 6.07 Å². The van der Waals surface area contributed by atoms with Crippen LogP contribution in [0, 0.1) is 23.6 Å². The molecule has 0 spiro atoms. The van der Waals surface area contributed by atoms with Crippen molar-refractivity contribution in [2.24, 2.45) is 17.8 Å². The van der Waals surface area contributed by atoms with Crippen LogP contribution in [0.5, 0.6) is 0 Å². The normalized spacial score (nSPS) is 26.7. The van der Waals surface area contributed by atoms with Gasteiger partial charge in [-0.1, -0.05) is 19.1 Å². The molecule has 3 heterocycles. The molecule has 2 fully saturated rings. The van der Waals surface area contributed by atoms with Crippen molar-refractivity contribution in [3.05, 3.63) is 58.3 Å². The van der Waals surface area contributed by atoms with Crippen LogP contribution >= 0.6 is 0 Å². The van der Waals surface area contributed by atoms with Crippen LogP contribution in [0.3, 0.4) is 0 Å². The molecule has 7 heteroatoms. The van der Waals surface area contributed by atoms with Crippen molar-refractivity contribution in [2.75, 3.05) is 19.7 Å². The number of benzene rings is 1. The lowest BCUT2D eigenvalue weighted by atomic mass is 9.86. The largest absolute Gasteiger partial charge is 0.396 e. The Bertz CT molecular complexity index is 1080. The third-order valence-electron chi connectivity index (χ3n) is 7.35. The number of nitrogens with zero attached hydrogens (tertiary/aromatic N) is 2. The number of hydrogen-bond acceptors (Lipinski definition) is 4. The highest BCUT2D eigenvalue weighted by atomic mass is 19.1. The van der Waals surface area contributed by atoms with E-state index in [0.29, 0.717) is 30.1 Å². The second kappa shape index (κ2) is 8.45. The van der Waals surface area contributed by atoms with Crippen LogP contribution in [0.2, 0.25) is 0 Å². The van der Waals surface area contributed by atoms with Gasteiger partial charge in [0.2, 0.25) is 5.91 Å². The van der Waals surface area contributed by atoms with Gasteiger partial charge >= 0.3 is 0 Å². The Morgan fingerprint density at radius 2 is 2.06 bits per heavy atom. The van der Waals surface area contributed by atoms with Crippen molar-refractivity contribution in [3.8, 4) is 11.1 Å². The molecule has 3 aliphatic rings. The van der Waals surface area contributed by atoms with E-state index in [9.17, 15) is 19.1 Å². The van der Waals surface area contributed by atoms with Crippen LogP contribution in [0.25, 0.3) is 11.1 Å². The van der Waals surface area contributed by atoms with Gasteiger partial charge in [-0.2, -0.15) is 0 Å². The number of carbonyl (C=O) groups is 1. The van der Waals surface area contributed by atoms with Gasteiger partial charge in [0.25, 0.3) is 5.56 Å². The summed E-state index contributed by atoms with van der Waals surface area (Å²) in [6, 6.07) is 9.38. The Morgan fingerprint density at radius 3 is 2.75 bits per heavy atom. The predicted molar refractivity (Wildman–Crippen MR) is 119 cm³/mol. The molecule has 1 saturated heterocycles. The number of amides is 1. The number of pyridine rings is 1. The van der Waals surface area contributed by atoms with E-state index in [1.165, 1.54) is 12.1 Å². The van der Waals surface area contributed by atoms with E-state index in [1.54, 1.807) is 22.8 Å². The molecule has 2 N–H and O–H groups in total. The summed E-state index contributed by atoms with van der Waals surface area (Å²) in [5.41, 5.74) is 1.63. The average molecular weight is 440 g/mol. The third-order valence-corrected chi connectivity index (χ3v) is 7.35. The van der Waals surface area contributed by atoms with Crippen molar-refractivity contribution in [3.63, 3.8) is 0 Å². The molecular formula is C25H30FN3O3. The molecule has 4 atom stereocenters. The minimum Gasteiger partial charge on any atom is -0.396 e. The van der Waals surface area contributed by atoms with Gasteiger partial charge in [-0.3, -0.25) is 14.5 Å². The molecule has 1 aromatic carbocycles. The van der Waals surface area contributed by atoms with Crippen LogP contribution in [-0.2, 0) is 11.3 Å². The molecular weight excluding hydrogens is 409 g/mol. The summed E-state index contributed by atoms with van der Waals surface area (Å²) in [4.78, 5) is 29.0. The first kappa shape index (κ1) is 21.3. The summed E-state index contributed by atoms with van der Waals surface area (Å²) in [7, 11) is 0. The fourth-order valence-electron chi connectivity index (χ4n) is 5.65. The highest BCUT2D eigenvalue weighted by molar-refractivity contribution is 5.81. The standard InChI is InChI=1S/C25H30FN3O3/c1-2-10-28-21-13-29-20(9-8-18(25(29)32)16-4-3-5-17(26)11-16)23(28)22(19(21)14-30)24(31)27-12-15-6-7-15/h3-5,8-9,11,15,19,21-23,30H,2,6-7,10,12-14H2,1H3,(H,27,31)/t19-,21-,22+,23+/m0/s1. The van der Waals surface area contributed by atoms with E-state index in [0.717, 1.165) is 31.5 Å². The molecule has 1 saturated carbocycles. The monoisotopic (exact) mass is 439 g/mol. The van der Waals surface area contributed by atoms with Gasteiger partial charge in [-0.15, -0.1) is 0 Å². The van der Waals surface area contributed by atoms with Crippen molar-refractivity contribution in [1.82, 2.24) is 14.8 Å². The smallest absolute Gasteiger partial charge is 0.258 e. The van der Waals surface area contributed by atoms with Crippen LogP contribution in [0.4, 0.5) is 4.39 Å². The average Bonchev–Trinajstić information content (AvgIpc) is 3.58. The summed E-state index contributed by atoms with van der Waals surface area (Å²) in [5, 5.41) is 13.4. The fraction of sp³-hybridized carbons (Fsp3) is 0.520. The van der Waals surface area contributed by atoms with Gasteiger partial charge in [-0.25, -0.2) is 4.39 Å². The Balaban J connectivity index is 1.56. The predicted octanol–water partition coefficient (Wildman–Crippen LogP) is 2.55. The van der Waals surface area contributed by atoms with E-state index in [-0.39, 0.29) is 41.9 Å². The van der Waals surface area contributed by atoms with Crippen molar-refractivity contribution < 1.29 is 14.3 Å². The van der Waals surface area contributed by atoms with Crippen molar-refractivity contribution in [1.29, 1.82) is 0 Å². The third kappa shape index (κ3) is 3.57. The van der Waals surface area contributed by atoms with Crippen molar-refractivity contribution >= 4 is 5.91 Å². The molecule has 1 aromatic heterocycles. The summed E-state index contributed by atoms with van der Waals surface area (Å²) < 4.78 is 15.5. The molecule has 0 radical (unpaired) electrons. The number of fused-ring (bicyclic) bond motifs is 4. The lowest BCUT2D eigenvalue weighted by molar-refractivity contribution is -0.127. The first-order valence-electron chi connectivity index (χ1n) is 11.7. The number of aliphatic hydroxyl groups excluding tert-OH is 1. The SMILES string of the molecule is CCCN1[C@@H]2c3ccc(-c4cccc(F)c4)c(=O)n3C[C@H]1[C@H](CO)[C@H]2C(=O)NCC1CC1. The lowest BCUT2D eigenvalue weighted by Crippen LogP contribution is -2.47. The van der Waals surface area contributed by atoms with Crippen LogP contribution in [0.1, 0.15) is 37.9 Å². The lowest BCUT2D eigenvalue weighted by Gasteiger charge is -2.38. The molecule has 2 aromatic rings. The zero-order valence-corrected chi connectivity index (χ0v) is 18.3. The molecule has 1 amide bonds. The molecule has 2 aliphatic heterocycles. The first-order chi connectivity index (χ1) is 15.5. The fourth-order valence-corrected chi connectivity index (χ4v) is 5.65. The van der Waals surface area contributed by atoms with Crippen molar-refractivity contribution in [2.45, 2.75) is 44.8 Å². The first-order valence-corrected chi connectivity index (χ1v) is 11.7. The van der Waals surface area contributed by atoms with E-state index in [2.05, 4.69) is 17.1 Å². The molecule has 2 bridgehead atoms. The van der Waals surface area contributed by atoms with Gasteiger partial charge in [0.15, 0.2) is 0 Å². The summed E-state index contributed by atoms with van der Waals surface area (Å²) in [6.07, 6.45) is 3.24. The second-order valence-corrected chi connectivity index (χ2v) is 9.41. The maximum atomic E-state index is 13.8. The number of aromatic nitrogens is 1. The number of hydrogen-bond donors (Lipinski definition) is 2. The maximum Gasteiger partial charge on any atom is 0.258 e. The van der Waals surface area contributed by atoms with E-state index < -0.39 is 5.92 Å². The number of halogens is 1. The highest BCUT2D eigenvalue weighted by Gasteiger charge is 2.55. The summed E-state index contributed by atoms with van der Waals surface area (Å²) in [6.45, 7) is 3.92. The topological polar surface area (TPSA) is 74.6 Å². The molecule has 32 heavy (non-hydrogen) atoms. The zero-order chi connectivity index (χ0) is 22.4. The van der Waals surface area contributed by atoms with Gasteiger partial charge in [-0.05, 0) is 61.6 Å². The van der Waals surface area contributed by atoms with Gasteiger partial charge in [0, 0.05) is 42.9 Å². The van der Waals surface area contributed by atoms with Crippen LogP contribution < -0.4 is 10.9 Å². The summed E-state index contributed by atoms with van der Waals surface area (Å²) in [5.74, 6) is -0.472. The molecule has 1 aliphatic carbocycles. The molecule has 5 rings (SSSR count). The number of aliphatic hydroxyl groups is 1.